The monoisotopic (exact) mass is 356 g/mol. The van der Waals surface area contributed by atoms with E-state index in [-0.39, 0.29) is 23.7 Å². The number of amides is 2. The molecular formula is C14H13ClN2O5S. The molecule has 1 fully saturated rings. The van der Waals surface area contributed by atoms with Gasteiger partial charge in [0.15, 0.2) is 15.6 Å². The highest BCUT2D eigenvalue weighted by Crippen LogP contribution is 2.23. The van der Waals surface area contributed by atoms with E-state index in [0.29, 0.717) is 16.0 Å². The van der Waals surface area contributed by atoms with Gasteiger partial charge >= 0.3 is 5.91 Å². The standard InChI is InChI=1S/C14H13ClN2O5S/c15-10-1-2-11-9(5-10)6-12(22-11)14(19)17-16-13(18)8-3-4-23(20,21)7-8/h1-2,5-6,8H,3-4,7H2,(H,16,18)(H,17,19)/t8-/m1/s1. The number of halogens is 1. The Morgan fingerprint density at radius 1 is 1.22 bits per heavy atom. The van der Waals surface area contributed by atoms with Gasteiger partial charge in [0.25, 0.3) is 0 Å². The fourth-order valence-electron chi connectivity index (χ4n) is 2.41. The summed E-state index contributed by atoms with van der Waals surface area (Å²) in [5.74, 6) is -2.00. The molecule has 2 N–H and O–H groups in total. The Labute approximate surface area is 136 Å². The number of carbonyl (C=O) groups excluding carboxylic acids is 2. The van der Waals surface area contributed by atoms with Gasteiger partial charge in [0, 0.05) is 10.4 Å². The lowest BCUT2D eigenvalue weighted by atomic mass is 10.1. The van der Waals surface area contributed by atoms with Crippen molar-refractivity contribution >= 4 is 44.2 Å². The zero-order chi connectivity index (χ0) is 16.6. The molecule has 7 nitrogen and oxygen atoms in total. The predicted octanol–water partition coefficient (Wildman–Crippen LogP) is 1.28. The largest absolute Gasteiger partial charge is 0.451 e. The Morgan fingerprint density at radius 2 is 2.00 bits per heavy atom. The second-order valence-electron chi connectivity index (χ2n) is 5.34. The molecule has 23 heavy (non-hydrogen) atoms. The number of benzene rings is 1. The maximum absolute atomic E-state index is 12.0. The van der Waals surface area contributed by atoms with E-state index in [9.17, 15) is 18.0 Å². The van der Waals surface area contributed by atoms with Crippen molar-refractivity contribution in [1.82, 2.24) is 10.9 Å². The number of fused-ring (bicyclic) bond motifs is 1. The van der Waals surface area contributed by atoms with Gasteiger partial charge in [-0.2, -0.15) is 0 Å². The zero-order valence-electron chi connectivity index (χ0n) is 11.8. The fraction of sp³-hybridized carbons (Fsp3) is 0.286. The average Bonchev–Trinajstić information content (AvgIpc) is 3.07. The topological polar surface area (TPSA) is 105 Å². The average molecular weight is 357 g/mol. The van der Waals surface area contributed by atoms with Crippen LogP contribution in [0.5, 0.6) is 0 Å². The summed E-state index contributed by atoms with van der Waals surface area (Å²) in [5.41, 5.74) is 4.94. The summed E-state index contributed by atoms with van der Waals surface area (Å²) in [7, 11) is -3.16. The smallest absolute Gasteiger partial charge is 0.305 e. The summed E-state index contributed by atoms with van der Waals surface area (Å²) in [6.07, 6.45) is 0.257. The van der Waals surface area contributed by atoms with E-state index in [1.54, 1.807) is 18.2 Å². The van der Waals surface area contributed by atoms with Gasteiger partial charge in [0.1, 0.15) is 5.58 Å². The lowest BCUT2D eigenvalue weighted by molar-refractivity contribution is -0.125. The normalized spacial score (nSPS) is 19.6. The van der Waals surface area contributed by atoms with Crippen LogP contribution in [0.1, 0.15) is 17.0 Å². The van der Waals surface area contributed by atoms with Crippen LogP contribution in [-0.4, -0.2) is 31.7 Å². The number of carbonyl (C=O) groups is 2. The zero-order valence-corrected chi connectivity index (χ0v) is 13.4. The molecular weight excluding hydrogens is 344 g/mol. The minimum Gasteiger partial charge on any atom is -0.451 e. The molecule has 9 heteroatoms. The van der Waals surface area contributed by atoms with Gasteiger partial charge < -0.3 is 4.42 Å². The molecule has 1 saturated heterocycles. The molecule has 2 amide bonds. The molecule has 1 aromatic carbocycles. The van der Waals surface area contributed by atoms with E-state index in [4.69, 9.17) is 16.0 Å². The Morgan fingerprint density at radius 3 is 2.70 bits per heavy atom. The highest BCUT2D eigenvalue weighted by atomic mass is 35.5. The van der Waals surface area contributed by atoms with E-state index >= 15 is 0 Å². The maximum Gasteiger partial charge on any atom is 0.305 e. The van der Waals surface area contributed by atoms with E-state index in [1.165, 1.54) is 6.07 Å². The van der Waals surface area contributed by atoms with Crippen LogP contribution in [0.4, 0.5) is 0 Å². The number of hydrazine groups is 1. The molecule has 1 aromatic heterocycles. The van der Waals surface area contributed by atoms with Crippen LogP contribution in [0.25, 0.3) is 11.0 Å². The van der Waals surface area contributed by atoms with E-state index in [2.05, 4.69) is 10.9 Å². The van der Waals surface area contributed by atoms with Crippen LogP contribution in [0.2, 0.25) is 5.02 Å². The first-order valence-corrected chi connectivity index (χ1v) is 9.04. The molecule has 3 rings (SSSR count). The SMILES string of the molecule is O=C(NNC(=O)[C@@H]1CCS(=O)(=O)C1)c1cc2cc(Cl)ccc2o1. The van der Waals surface area contributed by atoms with Crippen molar-refractivity contribution in [2.75, 3.05) is 11.5 Å². The van der Waals surface area contributed by atoms with Crippen molar-refractivity contribution < 1.29 is 22.4 Å². The van der Waals surface area contributed by atoms with Gasteiger partial charge in [-0.1, -0.05) is 11.6 Å². The van der Waals surface area contributed by atoms with E-state index in [1.807, 2.05) is 0 Å². The van der Waals surface area contributed by atoms with Gasteiger partial charge in [0.2, 0.25) is 5.91 Å². The molecule has 1 atom stereocenters. The van der Waals surface area contributed by atoms with Crippen molar-refractivity contribution in [2.45, 2.75) is 6.42 Å². The van der Waals surface area contributed by atoms with Gasteiger partial charge in [-0.25, -0.2) is 8.42 Å². The van der Waals surface area contributed by atoms with Crippen molar-refractivity contribution in [2.24, 2.45) is 5.92 Å². The minimum absolute atomic E-state index is 0.0105. The summed E-state index contributed by atoms with van der Waals surface area (Å²) in [4.78, 5) is 23.8. The third-order valence-electron chi connectivity index (χ3n) is 3.60. The molecule has 0 unspecified atom stereocenters. The Balaban J connectivity index is 1.63. The molecule has 0 saturated carbocycles. The third-order valence-corrected chi connectivity index (χ3v) is 5.61. The number of hydrogen-bond donors (Lipinski definition) is 2. The third kappa shape index (κ3) is 3.48. The number of furan rings is 1. The van der Waals surface area contributed by atoms with Crippen molar-refractivity contribution in [1.29, 1.82) is 0 Å². The first-order valence-electron chi connectivity index (χ1n) is 6.84. The van der Waals surface area contributed by atoms with Crippen molar-refractivity contribution in [3.8, 4) is 0 Å². The molecule has 1 aliphatic heterocycles. The summed E-state index contributed by atoms with van der Waals surface area (Å²) in [5, 5.41) is 1.18. The van der Waals surface area contributed by atoms with Crippen molar-refractivity contribution in [3.05, 3.63) is 35.0 Å². The number of nitrogens with one attached hydrogen (secondary N) is 2. The molecule has 0 aliphatic carbocycles. The summed E-state index contributed by atoms with van der Waals surface area (Å²) >= 11 is 5.86. The Hall–Kier alpha value is -2.06. The highest BCUT2D eigenvalue weighted by molar-refractivity contribution is 7.91. The molecule has 1 aliphatic rings. The molecule has 2 heterocycles. The predicted molar refractivity (Wildman–Crippen MR) is 83.6 cm³/mol. The van der Waals surface area contributed by atoms with Crippen LogP contribution in [0.15, 0.2) is 28.7 Å². The van der Waals surface area contributed by atoms with Crippen LogP contribution in [0, 0.1) is 5.92 Å². The van der Waals surface area contributed by atoms with Crippen molar-refractivity contribution in [3.63, 3.8) is 0 Å². The van der Waals surface area contributed by atoms with Crippen LogP contribution in [-0.2, 0) is 14.6 Å². The van der Waals surface area contributed by atoms with E-state index in [0.717, 1.165) is 0 Å². The van der Waals surface area contributed by atoms with Gasteiger partial charge in [-0.3, -0.25) is 20.4 Å². The lowest BCUT2D eigenvalue weighted by Gasteiger charge is -2.09. The molecule has 122 valence electrons. The molecule has 0 radical (unpaired) electrons. The number of rotatable bonds is 2. The second kappa shape index (κ2) is 5.86. The quantitative estimate of drug-likeness (QED) is 0.788. The Kier molecular flexibility index (Phi) is 4.03. The van der Waals surface area contributed by atoms with Crippen LogP contribution < -0.4 is 10.9 Å². The van der Waals surface area contributed by atoms with Crippen LogP contribution >= 0.6 is 11.6 Å². The van der Waals surface area contributed by atoms with Gasteiger partial charge in [-0.05, 0) is 30.7 Å². The summed E-state index contributed by atoms with van der Waals surface area (Å²) in [6, 6.07) is 6.43. The summed E-state index contributed by atoms with van der Waals surface area (Å²) < 4.78 is 28.0. The van der Waals surface area contributed by atoms with Gasteiger partial charge in [-0.15, -0.1) is 0 Å². The number of hydrogen-bond acceptors (Lipinski definition) is 5. The summed E-state index contributed by atoms with van der Waals surface area (Å²) in [6.45, 7) is 0. The second-order valence-corrected chi connectivity index (χ2v) is 8.00. The fourth-order valence-corrected chi connectivity index (χ4v) is 4.33. The molecule has 0 spiro atoms. The first-order chi connectivity index (χ1) is 10.8. The lowest BCUT2D eigenvalue weighted by Crippen LogP contribution is -2.44. The van der Waals surface area contributed by atoms with Gasteiger partial charge in [0.05, 0.1) is 17.4 Å². The first kappa shape index (κ1) is 15.8. The Bertz CT molecular complexity index is 890. The number of sulfone groups is 1. The maximum atomic E-state index is 12.0. The molecule has 0 bridgehead atoms. The highest BCUT2D eigenvalue weighted by Gasteiger charge is 2.33. The van der Waals surface area contributed by atoms with Crippen LogP contribution in [0.3, 0.4) is 0 Å². The minimum atomic E-state index is -3.16. The molecule has 2 aromatic rings. The van der Waals surface area contributed by atoms with E-state index < -0.39 is 27.6 Å².